The molecule has 3 aromatic heterocycles. The molecule has 0 bridgehead atoms. The molecule has 0 unspecified atom stereocenters. The van der Waals surface area contributed by atoms with E-state index >= 15 is 0 Å². The standard InChI is InChI=1S/C31H34N6O7/c1-3-20-21-12-19(43-16-18-14-36(35-33-18)11-7-5-6-8-27(38)34-42)9-10-25(21)32-28-22(20)15-37-26(28)13-24-23(29(37)39)17-44-30(40)31(24,41)4-2/h9-10,12-14,41-42H,3-8,11,15-17H2,1-2H3,(H,34,38)/t31-/m0/s1. The number of aromatic nitrogens is 5. The second-order valence-electron chi connectivity index (χ2n) is 11.2. The molecule has 44 heavy (non-hydrogen) atoms. The monoisotopic (exact) mass is 602 g/mol. The number of hydroxylamine groups is 1. The molecule has 0 fully saturated rings. The van der Waals surface area contributed by atoms with Crippen LogP contribution in [0, 0.1) is 0 Å². The number of rotatable bonds is 11. The number of hydrogen-bond acceptors (Lipinski definition) is 10. The summed E-state index contributed by atoms with van der Waals surface area (Å²) in [6.45, 7) is 4.81. The Morgan fingerprint density at radius 1 is 1.16 bits per heavy atom. The Morgan fingerprint density at radius 2 is 2.00 bits per heavy atom. The number of carbonyl (C=O) groups excluding carboxylic acids is 2. The average molecular weight is 603 g/mol. The maximum Gasteiger partial charge on any atom is 0.343 e. The molecule has 13 heteroatoms. The van der Waals surface area contributed by atoms with E-state index in [9.17, 15) is 19.5 Å². The first-order valence-electron chi connectivity index (χ1n) is 14.8. The summed E-state index contributed by atoms with van der Waals surface area (Å²) in [5.74, 6) is -0.478. The van der Waals surface area contributed by atoms with Crippen LogP contribution in [-0.4, -0.2) is 46.7 Å². The van der Waals surface area contributed by atoms with Gasteiger partial charge in [-0.2, -0.15) is 0 Å². The number of cyclic esters (lactones) is 1. The summed E-state index contributed by atoms with van der Waals surface area (Å²) in [6, 6.07) is 7.41. The number of benzene rings is 1. The van der Waals surface area contributed by atoms with Crippen molar-refractivity contribution in [3.63, 3.8) is 0 Å². The number of ether oxygens (including phenoxy) is 2. The van der Waals surface area contributed by atoms with Gasteiger partial charge in [-0.1, -0.05) is 25.5 Å². The highest BCUT2D eigenvalue weighted by atomic mass is 16.6. The third-order valence-corrected chi connectivity index (χ3v) is 8.52. The first kappa shape index (κ1) is 29.5. The summed E-state index contributed by atoms with van der Waals surface area (Å²) >= 11 is 0. The summed E-state index contributed by atoms with van der Waals surface area (Å²) in [4.78, 5) is 42.1. The Kier molecular flexibility index (Phi) is 7.91. The lowest BCUT2D eigenvalue weighted by molar-refractivity contribution is -0.172. The third kappa shape index (κ3) is 5.11. The molecule has 0 spiro atoms. The lowest BCUT2D eigenvalue weighted by Gasteiger charge is -2.31. The molecule has 5 heterocycles. The van der Waals surface area contributed by atoms with Gasteiger partial charge in [0.05, 0.1) is 35.2 Å². The number of unbranched alkanes of at least 4 members (excludes halogenated alkanes) is 2. The molecular formula is C31H34N6O7. The highest BCUT2D eigenvalue weighted by Crippen LogP contribution is 2.40. The lowest BCUT2D eigenvalue weighted by Crippen LogP contribution is -2.44. The van der Waals surface area contributed by atoms with Crippen LogP contribution in [0.5, 0.6) is 5.75 Å². The Labute approximate surface area is 252 Å². The molecule has 13 nitrogen and oxygen atoms in total. The van der Waals surface area contributed by atoms with Crippen LogP contribution in [0.4, 0.5) is 0 Å². The zero-order chi connectivity index (χ0) is 31.0. The van der Waals surface area contributed by atoms with Crippen LogP contribution in [0.1, 0.15) is 73.9 Å². The van der Waals surface area contributed by atoms with Crippen LogP contribution in [0.2, 0.25) is 0 Å². The van der Waals surface area contributed by atoms with E-state index in [1.165, 1.54) is 0 Å². The molecule has 2 aliphatic rings. The largest absolute Gasteiger partial charge is 0.487 e. The molecule has 6 rings (SSSR count). The fraction of sp³-hybridized carbons (Fsp3) is 0.419. The van der Waals surface area contributed by atoms with Gasteiger partial charge in [-0.25, -0.2) is 15.3 Å². The van der Waals surface area contributed by atoms with E-state index in [2.05, 4.69) is 17.2 Å². The first-order valence-corrected chi connectivity index (χ1v) is 14.8. The van der Waals surface area contributed by atoms with E-state index in [1.807, 2.05) is 24.4 Å². The maximum absolute atomic E-state index is 13.6. The van der Waals surface area contributed by atoms with Crippen molar-refractivity contribution >= 4 is 22.8 Å². The van der Waals surface area contributed by atoms with Crippen LogP contribution in [0.15, 0.2) is 35.3 Å². The first-order chi connectivity index (χ1) is 21.3. The minimum absolute atomic E-state index is 0.0897. The van der Waals surface area contributed by atoms with Crippen molar-refractivity contribution in [2.45, 2.75) is 84.3 Å². The van der Waals surface area contributed by atoms with Crippen LogP contribution in [0.25, 0.3) is 22.3 Å². The van der Waals surface area contributed by atoms with Gasteiger partial charge in [-0.3, -0.25) is 19.5 Å². The molecule has 4 aromatic rings. The normalized spacial score (nSPS) is 16.8. The number of aryl methyl sites for hydroxylation is 2. The van der Waals surface area contributed by atoms with E-state index in [1.54, 1.807) is 27.7 Å². The quantitative estimate of drug-likeness (QED) is 0.0884. The maximum atomic E-state index is 13.6. The van der Waals surface area contributed by atoms with Crippen molar-refractivity contribution < 1.29 is 29.4 Å². The minimum atomic E-state index is -1.87. The molecule has 0 saturated heterocycles. The number of nitrogens with zero attached hydrogens (tertiary/aromatic N) is 5. The third-order valence-electron chi connectivity index (χ3n) is 8.52. The Balaban J connectivity index is 1.21. The summed E-state index contributed by atoms with van der Waals surface area (Å²) in [5.41, 5.74) is 4.76. The lowest BCUT2D eigenvalue weighted by atomic mass is 9.86. The van der Waals surface area contributed by atoms with Crippen molar-refractivity contribution in [2.75, 3.05) is 0 Å². The number of nitrogens with one attached hydrogen (secondary N) is 1. The van der Waals surface area contributed by atoms with Crippen molar-refractivity contribution in [1.82, 2.24) is 30.0 Å². The van der Waals surface area contributed by atoms with Crippen molar-refractivity contribution in [1.29, 1.82) is 0 Å². The van der Waals surface area contributed by atoms with Crippen molar-refractivity contribution in [3.05, 3.63) is 68.8 Å². The van der Waals surface area contributed by atoms with E-state index in [-0.39, 0.29) is 37.5 Å². The van der Waals surface area contributed by atoms with Crippen molar-refractivity contribution in [2.24, 2.45) is 0 Å². The molecule has 2 aliphatic heterocycles. The molecule has 1 aromatic carbocycles. The van der Waals surface area contributed by atoms with E-state index in [0.717, 1.165) is 34.9 Å². The second-order valence-corrected chi connectivity index (χ2v) is 11.2. The Morgan fingerprint density at radius 3 is 2.77 bits per heavy atom. The number of esters is 1. The molecule has 0 aliphatic carbocycles. The fourth-order valence-electron chi connectivity index (χ4n) is 6.10. The molecule has 1 amide bonds. The van der Waals surface area contributed by atoms with Crippen LogP contribution in [-0.2, 0) is 52.7 Å². The van der Waals surface area contributed by atoms with Gasteiger partial charge >= 0.3 is 5.97 Å². The van der Waals surface area contributed by atoms with E-state index < -0.39 is 11.6 Å². The van der Waals surface area contributed by atoms with Gasteiger partial charge in [0.1, 0.15) is 24.7 Å². The molecular weight excluding hydrogens is 568 g/mol. The predicted molar refractivity (Wildman–Crippen MR) is 157 cm³/mol. The number of carbonyl (C=O) groups is 2. The number of aliphatic hydroxyl groups is 1. The van der Waals surface area contributed by atoms with Crippen LogP contribution >= 0.6 is 0 Å². The Bertz CT molecular complexity index is 1830. The van der Waals surface area contributed by atoms with Crippen LogP contribution in [0.3, 0.4) is 0 Å². The molecule has 230 valence electrons. The number of fused-ring (bicyclic) bond motifs is 5. The second kappa shape index (κ2) is 11.8. The Hall–Kier alpha value is -4.62. The molecule has 0 radical (unpaired) electrons. The summed E-state index contributed by atoms with van der Waals surface area (Å²) in [6.07, 6.45) is 5.24. The van der Waals surface area contributed by atoms with Gasteiger partial charge in [-0.15, -0.1) is 5.10 Å². The van der Waals surface area contributed by atoms with Gasteiger partial charge in [-0.05, 0) is 55.5 Å². The smallest absolute Gasteiger partial charge is 0.343 e. The SMILES string of the molecule is CCc1c2c(nc3ccc(OCc4cn(CCCCCC(=O)NO)nn4)cc13)-c1cc3c(c(=O)n1C2)COC(=O)[C@]3(O)CC. The zero-order valence-corrected chi connectivity index (χ0v) is 24.6. The highest BCUT2D eigenvalue weighted by molar-refractivity contribution is 5.90. The summed E-state index contributed by atoms with van der Waals surface area (Å²) in [5, 5.41) is 29.0. The van der Waals surface area contributed by atoms with Crippen LogP contribution < -0.4 is 15.8 Å². The predicted octanol–water partition coefficient (Wildman–Crippen LogP) is 2.88. The fourth-order valence-corrected chi connectivity index (χ4v) is 6.10. The summed E-state index contributed by atoms with van der Waals surface area (Å²) < 4.78 is 14.6. The minimum Gasteiger partial charge on any atom is -0.487 e. The van der Waals surface area contributed by atoms with Gasteiger partial charge in [0.25, 0.3) is 5.56 Å². The number of pyridine rings is 2. The van der Waals surface area contributed by atoms with E-state index in [4.69, 9.17) is 19.7 Å². The van der Waals surface area contributed by atoms with Gasteiger partial charge in [0.2, 0.25) is 5.91 Å². The summed E-state index contributed by atoms with van der Waals surface area (Å²) in [7, 11) is 0. The number of amides is 1. The topological polar surface area (TPSA) is 171 Å². The number of hydrogen-bond donors (Lipinski definition) is 3. The molecule has 3 N–H and O–H groups in total. The van der Waals surface area contributed by atoms with Gasteiger partial charge in [0, 0.05) is 29.5 Å². The van der Waals surface area contributed by atoms with Gasteiger partial charge < -0.3 is 19.1 Å². The van der Waals surface area contributed by atoms with Gasteiger partial charge in [0.15, 0.2) is 5.60 Å². The average Bonchev–Trinajstić information content (AvgIpc) is 3.65. The zero-order valence-electron chi connectivity index (χ0n) is 24.6. The highest BCUT2D eigenvalue weighted by Gasteiger charge is 2.45. The van der Waals surface area contributed by atoms with Crippen molar-refractivity contribution in [3.8, 4) is 17.1 Å². The van der Waals surface area contributed by atoms with E-state index in [0.29, 0.717) is 59.9 Å². The molecule has 1 atom stereocenters. The molecule has 0 saturated carbocycles.